The number of likely N-dealkylation sites (N-methyl/N-ethyl adjacent to an activating group) is 1. The maximum Gasteiger partial charge on any atom is 0.299 e. The molecule has 0 fully saturated rings. The van der Waals surface area contributed by atoms with Gasteiger partial charge < -0.3 is 10.5 Å². The van der Waals surface area contributed by atoms with Crippen molar-refractivity contribution >= 4 is 40.2 Å². The Balaban J connectivity index is 0.000000511. The van der Waals surface area contributed by atoms with E-state index in [0.29, 0.717) is 16.6 Å². The zero-order chi connectivity index (χ0) is 18.4. The van der Waals surface area contributed by atoms with Crippen molar-refractivity contribution in [2.45, 2.75) is 0 Å². The van der Waals surface area contributed by atoms with Gasteiger partial charge in [0.05, 0.1) is 11.3 Å². The summed E-state index contributed by atoms with van der Waals surface area (Å²) in [6.45, 7) is 0.174. The van der Waals surface area contributed by atoms with Crippen LogP contribution in [0, 0.1) is 5.21 Å². The molecule has 0 aliphatic carbocycles. The lowest BCUT2D eigenvalue weighted by molar-refractivity contribution is -0.439. The molecule has 25 heavy (non-hydrogen) atoms. The van der Waals surface area contributed by atoms with E-state index in [0.717, 1.165) is 21.6 Å². The van der Waals surface area contributed by atoms with Gasteiger partial charge in [0, 0.05) is 17.6 Å². The van der Waals surface area contributed by atoms with Crippen LogP contribution in [0.3, 0.4) is 0 Å². The molecule has 3 N–H and O–H groups in total. The van der Waals surface area contributed by atoms with Crippen molar-refractivity contribution in [2.24, 2.45) is 4.99 Å². The van der Waals surface area contributed by atoms with E-state index in [1.165, 1.54) is 0 Å². The molecule has 0 unspecified atom stereocenters. The number of fused-ring (bicyclic) bond motifs is 1. The summed E-state index contributed by atoms with van der Waals surface area (Å²) in [7, 11) is 1.76. The van der Waals surface area contributed by atoms with Crippen LogP contribution in [0.5, 0.6) is 0 Å². The fourth-order valence-electron chi connectivity index (χ4n) is 2.36. The number of hydrogen-bond donors (Lipinski definition) is 3. The summed E-state index contributed by atoms with van der Waals surface area (Å²) >= 11 is 3.49. The molecule has 132 valence electrons. The molecule has 1 aliphatic rings. The third-order valence-electron chi connectivity index (χ3n) is 3.35. The van der Waals surface area contributed by atoms with Gasteiger partial charge in [0.1, 0.15) is 0 Å². The molecule has 9 heteroatoms. The second kappa shape index (κ2) is 8.72. The van der Waals surface area contributed by atoms with Crippen LogP contribution in [-0.4, -0.2) is 43.2 Å². The quantitative estimate of drug-likeness (QED) is 0.400. The highest BCUT2D eigenvalue weighted by molar-refractivity contribution is 7.73. The fraction of sp³-hybridized carbons (Fsp3) is 0.125. The Kier molecular flexibility index (Phi) is 6.65. The van der Waals surface area contributed by atoms with Crippen LogP contribution in [0.4, 0.5) is 5.69 Å². The highest BCUT2D eigenvalue weighted by atomic mass is 35.5. The first kappa shape index (κ1) is 19.1. The molecular weight excluding hydrogens is 366 g/mol. The molecule has 0 radical (unpaired) electrons. The standard InChI is InChI=1S/C16H14ClN3O.H2O3S/c1-18-15-10-20(21)16(11-5-3-2-4-6-11)13-9-12(17)7-8-14(13)19-15;1-4(2)3/h2-9H,10H2,1H3,(H,18,19);(H2,1,2,3). The molecule has 0 saturated heterocycles. The van der Waals surface area contributed by atoms with Gasteiger partial charge in [-0.25, -0.2) is 4.99 Å². The summed E-state index contributed by atoms with van der Waals surface area (Å²) in [5.74, 6) is 0.625. The maximum absolute atomic E-state index is 12.6. The van der Waals surface area contributed by atoms with Crippen molar-refractivity contribution in [1.82, 2.24) is 5.32 Å². The van der Waals surface area contributed by atoms with Crippen molar-refractivity contribution in [1.29, 1.82) is 0 Å². The molecule has 0 atom stereocenters. The zero-order valence-electron chi connectivity index (χ0n) is 13.2. The zero-order valence-corrected chi connectivity index (χ0v) is 14.8. The average Bonchev–Trinajstić information content (AvgIpc) is 2.70. The van der Waals surface area contributed by atoms with Crippen molar-refractivity contribution in [3.63, 3.8) is 0 Å². The minimum absolute atomic E-state index is 0.174. The molecule has 0 bridgehead atoms. The van der Waals surface area contributed by atoms with Gasteiger partial charge in [-0.1, -0.05) is 29.8 Å². The summed E-state index contributed by atoms with van der Waals surface area (Å²) in [4.78, 5) is 4.51. The summed E-state index contributed by atoms with van der Waals surface area (Å²) in [5.41, 5.74) is 2.92. The monoisotopic (exact) mass is 381 g/mol. The lowest BCUT2D eigenvalue weighted by Crippen LogP contribution is -2.29. The Bertz CT molecular complexity index is 837. The molecule has 0 spiro atoms. The van der Waals surface area contributed by atoms with Crippen LogP contribution >= 0.6 is 11.6 Å². The second-order valence-corrected chi connectivity index (χ2v) is 5.85. The van der Waals surface area contributed by atoms with E-state index in [-0.39, 0.29) is 6.54 Å². The number of aliphatic imine (C=N–C) groups is 1. The summed E-state index contributed by atoms with van der Waals surface area (Å²) in [6.07, 6.45) is 0. The summed E-state index contributed by atoms with van der Waals surface area (Å²) < 4.78 is 23.8. The topological polar surface area (TPSA) is 108 Å². The second-order valence-electron chi connectivity index (χ2n) is 4.95. The summed E-state index contributed by atoms with van der Waals surface area (Å²) in [6, 6.07) is 15.0. The predicted octanol–water partition coefficient (Wildman–Crippen LogP) is 2.63. The molecule has 0 aromatic heterocycles. The molecule has 2 aromatic rings. The third-order valence-corrected chi connectivity index (χ3v) is 3.58. The fourth-order valence-corrected chi connectivity index (χ4v) is 2.53. The molecule has 1 heterocycles. The van der Waals surface area contributed by atoms with Gasteiger partial charge in [0.25, 0.3) is 11.4 Å². The minimum Gasteiger partial charge on any atom is -0.623 e. The van der Waals surface area contributed by atoms with Gasteiger partial charge in [-0.2, -0.15) is 8.95 Å². The van der Waals surface area contributed by atoms with Gasteiger partial charge in [-0.3, -0.25) is 9.11 Å². The van der Waals surface area contributed by atoms with Crippen molar-refractivity contribution in [3.8, 4) is 0 Å². The van der Waals surface area contributed by atoms with Crippen molar-refractivity contribution in [2.75, 3.05) is 13.6 Å². The number of nitrogens with one attached hydrogen (secondary N) is 1. The highest BCUT2D eigenvalue weighted by Crippen LogP contribution is 2.27. The molecular formula is C16H16ClN3O4S. The van der Waals surface area contributed by atoms with Gasteiger partial charge in [-0.15, -0.1) is 0 Å². The lowest BCUT2D eigenvalue weighted by Gasteiger charge is -2.10. The molecule has 7 nitrogen and oxygen atoms in total. The van der Waals surface area contributed by atoms with E-state index in [1.54, 1.807) is 19.2 Å². The normalized spacial score (nSPS) is 13.4. The van der Waals surface area contributed by atoms with Crippen molar-refractivity contribution in [3.05, 3.63) is 69.9 Å². The van der Waals surface area contributed by atoms with Crippen LogP contribution in [0.25, 0.3) is 0 Å². The van der Waals surface area contributed by atoms with Gasteiger partial charge >= 0.3 is 0 Å². The number of benzene rings is 2. The first-order valence-corrected chi connectivity index (χ1v) is 8.58. The minimum atomic E-state index is -2.61. The van der Waals surface area contributed by atoms with Gasteiger partial charge in [0.15, 0.2) is 5.84 Å². The van der Waals surface area contributed by atoms with Crippen LogP contribution in [0.2, 0.25) is 5.02 Å². The molecule has 0 amide bonds. The number of hydrogen-bond acceptors (Lipinski definition) is 4. The number of rotatable bonds is 1. The SMILES string of the molecule is CNC1=Nc2ccc(Cl)cc2C(c2ccccc2)=[N+]([O-])C1.O=S(O)O. The van der Waals surface area contributed by atoms with Crippen LogP contribution < -0.4 is 5.32 Å². The number of nitrogens with zero attached hydrogens (tertiary/aromatic N) is 2. The van der Waals surface area contributed by atoms with Crippen LogP contribution in [0.1, 0.15) is 11.1 Å². The van der Waals surface area contributed by atoms with E-state index in [2.05, 4.69) is 10.3 Å². The highest BCUT2D eigenvalue weighted by Gasteiger charge is 2.24. The van der Waals surface area contributed by atoms with Crippen molar-refractivity contribution < 1.29 is 18.1 Å². The Hall–Kier alpha value is -2.26. The molecule has 2 aromatic carbocycles. The van der Waals surface area contributed by atoms with E-state index in [4.69, 9.17) is 24.9 Å². The molecule has 3 rings (SSSR count). The predicted molar refractivity (Wildman–Crippen MR) is 99.2 cm³/mol. The first-order valence-electron chi connectivity index (χ1n) is 7.14. The van der Waals surface area contributed by atoms with E-state index < -0.39 is 11.4 Å². The van der Waals surface area contributed by atoms with Gasteiger partial charge in [0.2, 0.25) is 12.3 Å². The molecule has 0 saturated carbocycles. The smallest absolute Gasteiger partial charge is 0.299 e. The number of hydroxylamine groups is 1. The summed E-state index contributed by atoms with van der Waals surface area (Å²) in [5, 5.41) is 16.1. The largest absolute Gasteiger partial charge is 0.623 e. The Morgan fingerprint density at radius 3 is 2.48 bits per heavy atom. The third kappa shape index (κ3) is 5.10. The van der Waals surface area contributed by atoms with E-state index >= 15 is 0 Å². The Morgan fingerprint density at radius 2 is 1.88 bits per heavy atom. The first-order chi connectivity index (χ1) is 11.9. The van der Waals surface area contributed by atoms with Gasteiger partial charge in [-0.05, 0) is 30.3 Å². The molecule has 1 aliphatic heterocycles. The Labute approximate surface area is 152 Å². The van der Waals surface area contributed by atoms with Crippen LogP contribution in [-0.2, 0) is 11.4 Å². The lowest BCUT2D eigenvalue weighted by atomic mass is 10.0. The van der Waals surface area contributed by atoms with Crippen LogP contribution in [0.15, 0.2) is 53.5 Å². The number of halogens is 1. The number of amidine groups is 1. The maximum atomic E-state index is 12.6. The average molecular weight is 382 g/mol. The van der Waals surface area contributed by atoms with E-state index in [1.807, 2.05) is 36.4 Å². The Morgan fingerprint density at radius 1 is 1.24 bits per heavy atom. The van der Waals surface area contributed by atoms with E-state index in [9.17, 15) is 5.21 Å².